The fourth-order valence-corrected chi connectivity index (χ4v) is 6.85. The van der Waals surface area contributed by atoms with Crippen LogP contribution in [-0.4, -0.2) is 48.2 Å². The zero-order chi connectivity index (χ0) is 21.1. The number of benzene rings is 2. The molecule has 6 nitrogen and oxygen atoms in total. The standard InChI is InChI=1S/C21H25NO5S2/c1-21(20(23)24)19(28-17-8-4-3-5-9-17)10-6-7-15-22(21)29(25,26)18-13-11-16(27-2)12-14-18/h3-5,8-9,11-14,19H,6-7,10,15H2,1-2H3,(H,23,24). The number of hydrogen-bond acceptors (Lipinski definition) is 5. The van der Waals surface area contributed by atoms with Gasteiger partial charge >= 0.3 is 5.97 Å². The highest BCUT2D eigenvalue weighted by Gasteiger charge is 2.53. The maximum atomic E-state index is 13.5. The first-order valence-electron chi connectivity index (χ1n) is 9.42. The van der Waals surface area contributed by atoms with Crippen molar-refractivity contribution in [1.29, 1.82) is 0 Å². The quantitative estimate of drug-likeness (QED) is 0.741. The second-order valence-corrected chi connectivity index (χ2v) is 10.3. The third-order valence-corrected chi connectivity index (χ3v) is 8.86. The Hall–Kier alpha value is -2.03. The molecule has 0 saturated carbocycles. The molecule has 0 amide bonds. The lowest BCUT2D eigenvalue weighted by molar-refractivity contribution is -0.147. The minimum absolute atomic E-state index is 0.0659. The normalized spacial score (nSPS) is 23.3. The minimum atomic E-state index is -4.00. The zero-order valence-corrected chi connectivity index (χ0v) is 18.1. The van der Waals surface area contributed by atoms with E-state index in [-0.39, 0.29) is 11.4 Å². The Kier molecular flexibility index (Phi) is 6.55. The first-order valence-corrected chi connectivity index (χ1v) is 11.7. The minimum Gasteiger partial charge on any atom is -0.497 e. The molecule has 3 rings (SSSR count). The van der Waals surface area contributed by atoms with Crippen molar-refractivity contribution in [2.24, 2.45) is 0 Å². The van der Waals surface area contributed by atoms with Gasteiger partial charge in [0.1, 0.15) is 11.3 Å². The van der Waals surface area contributed by atoms with Crippen molar-refractivity contribution < 1.29 is 23.1 Å². The molecule has 1 N–H and O–H groups in total. The Morgan fingerprint density at radius 1 is 1.14 bits per heavy atom. The van der Waals surface area contributed by atoms with E-state index in [4.69, 9.17) is 4.74 Å². The van der Waals surface area contributed by atoms with E-state index in [1.807, 2.05) is 30.3 Å². The molecule has 1 heterocycles. The maximum Gasteiger partial charge on any atom is 0.326 e. The molecule has 2 aromatic rings. The van der Waals surface area contributed by atoms with Gasteiger partial charge < -0.3 is 9.84 Å². The van der Waals surface area contributed by atoms with Crippen molar-refractivity contribution in [2.75, 3.05) is 13.7 Å². The highest BCUT2D eigenvalue weighted by molar-refractivity contribution is 8.00. The molecule has 0 aromatic heterocycles. The molecule has 0 aliphatic carbocycles. The fourth-order valence-electron chi connectivity index (χ4n) is 3.59. The number of hydrogen-bond donors (Lipinski definition) is 1. The zero-order valence-electron chi connectivity index (χ0n) is 16.4. The van der Waals surface area contributed by atoms with Crippen molar-refractivity contribution in [3.8, 4) is 5.75 Å². The second kappa shape index (κ2) is 8.77. The van der Waals surface area contributed by atoms with E-state index in [0.717, 1.165) is 11.3 Å². The summed E-state index contributed by atoms with van der Waals surface area (Å²) in [5, 5.41) is 9.78. The Bertz CT molecular complexity index is 947. The molecule has 0 spiro atoms. The van der Waals surface area contributed by atoms with Crippen molar-refractivity contribution >= 4 is 27.8 Å². The van der Waals surface area contributed by atoms with Gasteiger partial charge in [0, 0.05) is 16.7 Å². The molecule has 0 bridgehead atoms. The molecule has 0 radical (unpaired) electrons. The van der Waals surface area contributed by atoms with Gasteiger partial charge in [0.2, 0.25) is 10.0 Å². The Morgan fingerprint density at radius 3 is 2.38 bits per heavy atom. The monoisotopic (exact) mass is 435 g/mol. The Morgan fingerprint density at radius 2 is 1.79 bits per heavy atom. The van der Waals surface area contributed by atoms with Crippen LogP contribution in [0.15, 0.2) is 64.4 Å². The van der Waals surface area contributed by atoms with Crippen molar-refractivity contribution in [2.45, 2.75) is 46.8 Å². The molecule has 1 aliphatic heterocycles. The predicted octanol–water partition coefficient (Wildman–Crippen LogP) is 3.87. The van der Waals surface area contributed by atoms with Crippen LogP contribution >= 0.6 is 11.8 Å². The van der Waals surface area contributed by atoms with E-state index in [0.29, 0.717) is 18.6 Å². The van der Waals surface area contributed by atoms with Crippen LogP contribution in [0.5, 0.6) is 5.75 Å². The lowest BCUT2D eigenvalue weighted by atomic mass is 9.95. The van der Waals surface area contributed by atoms with Gasteiger partial charge in [-0.3, -0.25) is 4.79 Å². The van der Waals surface area contributed by atoms with Crippen LogP contribution < -0.4 is 4.74 Å². The average molecular weight is 436 g/mol. The predicted molar refractivity (Wildman–Crippen MR) is 113 cm³/mol. The van der Waals surface area contributed by atoms with Crippen LogP contribution in [-0.2, 0) is 14.8 Å². The summed E-state index contributed by atoms with van der Waals surface area (Å²) in [4.78, 5) is 13.5. The van der Waals surface area contributed by atoms with Gasteiger partial charge in [-0.15, -0.1) is 11.8 Å². The number of sulfonamides is 1. The summed E-state index contributed by atoms with van der Waals surface area (Å²) in [5.41, 5.74) is -1.57. The number of thioether (sulfide) groups is 1. The van der Waals surface area contributed by atoms with Gasteiger partial charge in [0.05, 0.1) is 12.0 Å². The molecule has 1 aliphatic rings. The smallest absolute Gasteiger partial charge is 0.326 e. The van der Waals surface area contributed by atoms with Crippen molar-refractivity contribution in [3.63, 3.8) is 0 Å². The van der Waals surface area contributed by atoms with E-state index in [9.17, 15) is 18.3 Å². The van der Waals surface area contributed by atoms with Crippen molar-refractivity contribution in [3.05, 3.63) is 54.6 Å². The number of carbonyl (C=O) groups is 1. The van der Waals surface area contributed by atoms with Crippen LogP contribution in [0, 0.1) is 0 Å². The number of methoxy groups -OCH3 is 1. The molecule has 8 heteroatoms. The molecule has 29 heavy (non-hydrogen) atoms. The molecule has 1 saturated heterocycles. The second-order valence-electron chi connectivity index (χ2n) is 7.12. The lowest BCUT2D eigenvalue weighted by Crippen LogP contribution is -2.60. The molecule has 156 valence electrons. The van der Waals surface area contributed by atoms with E-state index in [1.165, 1.54) is 42.2 Å². The summed E-state index contributed by atoms with van der Waals surface area (Å²) in [6.45, 7) is 1.70. The fraction of sp³-hybridized carbons (Fsp3) is 0.381. The van der Waals surface area contributed by atoms with Crippen LogP contribution in [0.1, 0.15) is 26.2 Å². The summed E-state index contributed by atoms with van der Waals surface area (Å²) in [6, 6.07) is 15.6. The van der Waals surface area contributed by atoms with E-state index in [1.54, 1.807) is 12.1 Å². The summed E-state index contributed by atoms with van der Waals surface area (Å²) in [7, 11) is -2.50. The van der Waals surface area contributed by atoms with Gasteiger partial charge in [-0.2, -0.15) is 4.31 Å². The molecule has 2 atom stereocenters. The highest BCUT2D eigenvalue weighted by Crippen LogP contribution is 2.42. The molecule has 2 unspecified atom stereocenters. The lowest BCUT2D eigenvalue weighted by Gasteiger charge is -2.40. The number of nitrogens with zero attached hydrogens (tertiary/aromatic N) is 1. The summed E-state index contributed by atoms with van der Waals surface area (Å²) in [6.07, 6.45) is 2.00. The van der Waals surface area contributed by atoms with E-state index in [2.05, 4.69) is 0 Å². The highest BCUT2D eigenvalue weighted by atomic mass is 32.2. The Labute approximate surface area is 175 Å². The topological polar surface area (TPSA) is 83.9 Å². The van der Waals surface area contributed by atoms with E-state index < -0.39 is 26.8 Å². The number of carboxylic acid groups (broad SMARTS) is 1. The Balaban J connectivity index is 2.03. The largest absolute Gasteiger partial charge is 0.497 e. The molecular formula is C21H25NO5S2. The van der Waals surface area contributed by atoms with Crippen LogP contribution in [0.3, 0.4) is 0 Å². The number of ether oxygens (including phenoxy) is 1. The van der Waals surface area contributed by atoms with Crippen LogP contribution in [0.4, 0.5) is 0 Å². The van der Waals surface area contributed by atoms with Gasteiger partial charge in [-0.25, -0.2) is 8.42 Å². The number of rotatable bonds is 6. The molecular weight excluding hydrogens is 410 g/mol. The van der Waals surface area contributed by atoms with Gasteiger partial charge in [0.15, 0.2) is 0 Å². The molecule has 1 fully saturated rings. The summed E-state index contributed by atoms with van der Waals surface area (Å²) in [5.74, 6) is -0.594. The van der Waals surface area contributed by atoms with Crippen LogP contribution in [0.25, 0.3) is 0 Å². The van der Waals surface area contributed by atoms with Crippen LogP contribution in [0.2, 0.25) is 0 Å². The first kappa shape index (κ1) is 21.7. The SMILES string of the molecule is COc1ccc(S(=O)(=O)N2CCCCC(Sc3ccccc3)C2(C)C(=O)O)cc1. The third kappa shape index (κ3) is 4.29. The summed E-state index contributed by atoms with van der Waals surface area (Å²) < 4.78 is 33.2. The van der Waals surface area contributed by atoms with Crippen molar-refractivity contribution in [1.82, 2.24) is 4.31 Å². The third-order valence-electron chi connectivity index (χ3n) is 5.32. The number of aliphatic carboxylic acids is 1. The number of carboxylic acids is 1. The summed E-state index contributed by atoms with van der Waals surface area (Å²) >= 11 is 1.43. The molecule has 2 aromatic carbocycles. The van der Waals surface area contributed by atoms with E-state index >= 15 is 0 Å². The average Bonchev–Trinajstić information content (AvgIpc) is 2.89. The van der Waals surface area contributed by atoms with Gasteiger partial charge in [-0.05, 0) is 56.2 Å². The first-order chi connectivity index (χ1) is 13.8. The maximum absolute atomic E-state index is 13.5. The van der Waals surface area contributed by atoms with Gasteiger partial charge in [-0.1, -0.05) is 24.6 Å². The van der Waals surface area contributed by atoms with Gasteiger partial charge in [0.25, 0.3) is 0 Å².